The maximum atomic E-state index is 10.3. The number of likely N-dealkylation sites (N-methyl/N-ethyl adjacent to an activating group) is 1. The fraction of sp³-hybridized carbons (Fsp3) is 0.294. The van der Waals surface area contributed by atoms with Gasteiger partial charge >= 0.3 is 0 Å². The highest BCUT2D eigenvalue weighted by atomic mass is 16.3. The van der Waals surface area contributed by atoms with Gasteiger partial charge < -0.3 is 10.2 Å². The quantitative estimate of drug-likeness (QED) is 0.723. The van der Waals surface area contributed by atoms with Crippen LogP contribution >= 0.6 is 0 Å². The zero-order valence-electron chi connectivity index (χ0n) is 13.9. The van der Waals surface area contributed by atoms with Crippen molar-refractivity contribution >= 4 is 0 Å². The fourth-order valence-corrected chi connectivity index (χ4v) is 3.51. The molecule has 0 saturated heterocycles. The van der Waals surface area contributed by atoms with Gasteiger partial charge in [-0.25, -0.2) is 0 Å². The molecule has 20 heavy (non-hydrogen) atoms. The average Bonchev–Trinajstić information content (AvgIpc) is 2.50. The normalized spacial score (nSPS) is 23.2. The Labute approximate surface area is 122 Å². The molecule has 0 bridgehead atoms. The first-order valence-electron chi connectivity index (χ1n) is 8.30. The van der Waals surface area contributed by atoms with Crippen molar-refractivity contribution in [3.05, 3.63) is 47.0 Å². The van der Waals surface area contributed by atoms with Gasteiger partial charge in [-0.2, -0.15) is 0 Å². The largest absolute Gasteiger partial charge is 0.504 e. The molecule has 4 rings (SSSR count). The summed E-state index contributed by atoms with van der Waals surface area (Å²) in [6.45, 7) is -1.65. The summed E-state index contributed by atoms with van der Waals surface area (Å²) in [5, 5.41) is 20.1. The molecule has 1 aliphatic heterocycles. The molecule has 1 heterocycles. The number of aromatic hydroxyl groups is 2. The molecule has 3 heteroatoms. The zero-order valence-corrected chi connectivity index (χ0v) is 10.9. The van der Waals surface area contributed by atoms with Gasteiger partial charge in [0.15, 0.2) is 11.5 Å². The summed E-state index contributed by atoms with van der Waals surface area (Å²) in [5.74, 6) is -0.274. The number of hydrogen-bond acceptors (Lipinski definition) is 3. The maximum Gasteiger partial charge on any atom is 0.165 e. The monoisotopic (exact) mass is 270 g/mol. The van der Waals surface area contributed by atoms with Gasteiger partial charge in [0.2, 0.25) is 0 Å². The number of phenols is 2. The minimum Gasteiger partial charge on any atom is -0.504 e. The zero-order chi connectivity index (χ0) is 16.4. The number of benzene rings is 2. The van der Waals surface area contributed by atoms with E-state index in [0.717, 1.165) is 22.3 Å². The van der Waals surface area contributed by atoms with Crippen molar-refractivity contribution in [1.29, 1.82) is 0 Å². The van der Waals surface area contributed by atoms with E-state index < -0.39 is 6.98 Å². The van der Waals surface area contributed by atoms with Gasteiger partial charge in [0.1, 0.15) is 0 Å². The van der Waals surface area contributed by atoms with Crippen molar-refractivity contribution in [2.45, 2.75) is 18.9 Å². The van der Waals surface area contributed by atoms with Crippen molar-refractivity contribution in [3.8, 4) is 22.6 Å². The molecular weight excluding hydrogens is 250 g/mol. The van der Waals surface area contributed by atoms with Crippen LogP contribution in [-0.2, 0) is 12.8 Å². The standard InChI is InChI=1S/C17H17NO2/c1-18-8-7-10-3-2-4-12-15(10)13(18)9-11-5-6-14(19)17(20)16(11)12/h2-6,13,19-20H,7-9H2,1H3/t13-/m0/s1/i1D3. The highest BCUT2D eigenvalue weighted by Crippen LogP contribution is 2.49. The number of fused-ring (bicyclic) bond motifs is 2. The van der Waals surface area contributed by atoms with Crippen LogP contribution in [-0.4, -0.2) is 28.6 Å². The summed E-state index contributed by atoms with van der Waals surface area (Å²) in [6, 6.07) is 8.85. The first-order valence-corrected chi connectivity index (χ1v) is 6.80. The fourth-order valence-electron chi connectivity index (χ4n) is 3.51. The second-order valence-electron chi connectivity index (χ2n) is 5.51. The smallest absolute Gasteiger partial charge is 0.165 e. The molecule has 3 nitrogen and oxygen atoms in total. The Morgan fingerprint density at radius 1 is 1.20 bits per heavy atom. The van der Waals surface area contributed by atoms with Gasteiger partial charge in [-0.05, 0) is 48.1 Å². The molecular formula is C17H17NO2. The Morgan fingerprint density at radius 3 is 2.95 bits per heavy atom. The molecule has 0 aromatic heterocycles. The predicted molar refractivity (Wildman–Crippen MR) is 78.0 cm³/mol. The molecule has 2 aromatic rings. The van der Waals surface area contributed by atoms with Crippen LogP contribution in [0.1, 0.15) is 26.8 Å². The van der Waals surface area contributed by atoms with Gasteiger partial charge in [-0.3, -0.25) is 4.90 Å². The highest BCUT2D eigenvalue weighted by molar-refractivity contribution is 5.82. The molecule has 102 valence electrons. The average molecular weight is 270 g/mol. The van der Waals surface area contributed by atoms with Crippen molar-refractivity contribution in [3.63, 3.8) is 0 Å². The second kappa shape index (κ2) is 4.00. The third-order valence-corrected chi connectivity index (χ3v) is 4.45. The van der Waals surface area contributed by atoms with E-state index in [2.05, 4.69) is 0 Å². The van der Waals surface area contributed by atoms with Crippen molar-refractivity contribution < 1.29 is 14.3 Å². The van der Waals surface area contributed by atoms with E-state index >= 15 is 0 Å². The lowest BCUT2D eigenvalue weighted by Crippen LogP contribution is -2.35. The summed E-state index contributed by atoms with van der Waals surface area (Å²) in [4.78, 5) is 1.58. The molecule has 1 atom stereocenters. The number of hydrogen-bond donors (Lipinski definition) is 2. The second-order valence-corrected chi connectivity index (χ2v) is 5.51. The van der Waals surface area contributed by atoms with Crippen LogP contribution in [0.3, 0.4) is 0 Å². The Morgan fingerprint density at radius 2 is 2.10 bits per heavy atom. The van der Waals surface area contributed by atoms with Crippen molar-refractivity contribution in [2.24, 2.45) is 0 Å². The topological polar surface area (TPSA) is 43.7 Å². The first-order chi connectivity index (χ1) is 10.9. The number of phenolic OH excluding ortho intramolecular Hbond substituents is 2. The van der Waals surface area contributed by atoms with Crippen LogP contribution < -0.4 is 0 Å². The third-order valence-electron chi connectivity index (χ3n) is 4.45. The van der Waals surface area contributed by atoms with Crippen LogP contribution in [0.5, 0.6) is 11.5 Å². The Kier molecular flexibility index (Phi) is 1.80. The minimum atomic E-state index is -2.15. The predicted octanol–water partition coefficient (Wildman–Crippen LogP) is 2.85. The first kappa shape index (κ1) is 9.03. The van der Waals surface area contributed by atoms with E-state index in [1.807, 2.05) is 18.2 Å². The van der Waals surface area contributed by atoms with Gasteiger partial charge in [-0.15, -0.1) is 0 Å². The lowest BCUT2D eigenvalue weighted by molar-refractivity contribution is 0.228. The van der Waals surface area contributed by atoms with E-state index in [1.165, 1.54) is 6.07 Å². The Balaban J connectivity index is 1.98. The van der Waals surface area contributed by atoms with Crippen LogP contribution in [0.25, 0.3) is 11.1 Å². The van der Waals surface area contributed by atoms with E-state index in [4.69, 9.17) is 4.11 Å². The van der Waals surface area contributed by atoms with Gasteiger partial charge in [-0.1, -0.05) is 24.3 Å². The van der Waals surface area contributed by atoms with E-state index in [-0.39, 0.29) is 17.5 Å². The summed E-state index contributed by atoms with van der Waals surface area (Å²) in [7, 11) is 0. The molecule has 0 unspecified atom stereocenters. The maximum absolute atomic E-state index is 10.3. The molecule has 2 aromatic carbocycles. The molecule has 1 aliphatic carbocycles. The minimum absolute atomic E-state index is 0.125. The van der Waals surface area contributed by atoms with Crippen LogP contribution in [0.4, 0.5) is 0 Å². The Hall–Kier alpha value is -2.00. The molecule has 0 amide bonds. The lowest BCUT2D eigenvalue weighted by atomic mass is 9.77. The van der Waals surface area contributed by atoms with E-state index in [1.54, 1.807) is 11.0 Å². The third kappa shape index (κ3) is 1.44. The summed E-state index contributed by atoms with van der Waals surface area (Å²) < 4.78 is 23.5. The summed E-state index contributed by atoms with van der Waals surface area (Å²) in [5.41, 5.74) is 4.43. The molecule has 0 saturated carbocycles. The molecule has 2 aliphatic rings. The SMILES string of the molecule is [2H]C([2H])([2H])N1CCc2cccc3c2[C@@H]1Cc1ccc(O)c(O)c1-3. The lowest BCUT2D eigenvalue weighted by Gasteiger charge is -2.39. The highest BCUT2D eigenvalue weighted by Gasteiger charge is 2.33. The molecule has 0 fully saturated rings. The van der Waals surface area contributed by atoms with Crippen molar-refractivity contribution in [2.75, 3.05) is 13.5 Å². The van der Waals surface area contributed by atoms with Crippen LogP contribution in [0, 0.1) is 0 Å². The summed E-state index contributed by atoms with van der Waals surface area (Å²) in [6.07, 6.45) is 1.19. The number of rotatable bonds is 0. The van der Waals surface area contributed by atoms with Gasteiger partial charge in [0.05, 0.1) is 0 Å². The Bertz CT molecular complexity index is 801. The van der Waals surface area contributed by atoms with Gasteiger partial charge in [0.25, 0.3) is 0 Å². The van der Waals surface area contributed by atoms with E-state index in [9.17, 15) is 10.2 Å². The molecule has 0 radical (unpaired) electrons. The summed E-state index contributed by atoms with van der Waals surface area (Å²) >= 11 is 0. The molecule has 2 N–H and O–H groups in total. The van der Waals surface area contributed by atoms with Crippen molar-refractivity contribution in [1.82, 2.24) is 4.90 Å². The van der Waals surface area contributed by atoms with Gasteiger partial charge in [0, 0.05) is 22.3 Å². The number of nitrogens with zero attached hydrogens (tertiary/aromatic N) is 1. The van der Waals surface area contributed by atoms with Crippen LogP contribution in [0.2, 0.25) is 0 Å². The van der Waals surface area contributed by atoms with E-state index in [0.29, 0.717) is 24.9 Å². The molecule has 0 spiro atoms. The van der Waals surface area contributed by atoms with Crippen LogP contribution in [0.15, 0.2) is 30.3 Å².